The van der Waals surface area contributed by atoms with Crippen molar-refractivity contribution in [1.82, 2.24) is 0 Å². The zero-order valence-corrected chi connectivity index (χ0v) is 14.4. The van der Waals surface area contributed by atoms with E-state index in [1.165, 1.54) is 31.4 Å². The number of hydrazone groups is 1. The summed E-state index contributed by atoms with van der Waals surface area (Å²) in [5, 5.41) is 14.8. The number of hydrogen-bond donors (Lipinski definition) is 1. The van der Waals surface area contributed by atoms with Gasteiger partial charge in [-0.05, 0) is 42.3 Å². The second kappa shape index (κ2) is 10.1. The van der Waals surface area contributed by atoms with Gasteiger partial charge in [0.05, 0.1) is 23.4 Å². The van der Waals surface area contributed by atoms with Crippen molar-refractivity contribution in [2.75, 3.05) is 12.0 Å². The van der Waals surface area contributed by atoms with Gasteiger partial charge in [-0.3, -0.25) is 15.5 Å². The van der Waals surface area contributed by atoms with Crippen LogP contribution in [0.5, 0.6) is 5.75 Å². The van der Waals surface area contributed by atoms with E-state index < -0.39 is 4.92 Å². The maximum Gasteiger partial charge on any atom is 0.271 e. The Morgan fingerprint density at radius 3 is 2.68 bits per heavy atom. The molecule has 0 spiro atoms. The van der Waals surface area contributed by atoms with Crippen LogP contribution in [0.15, 0.2) is 53.6 Å². The molecule has 6 nitrogen and oxygen atoms in total. The molecule has 2 aromatic rings. The molecule has 0 aliphatic heterocycles. The van der Waals surface area contributed by atoms with Crippen LogP contribution in [0.1, 0.15) is 38.2 Å². The molecule has 0 atom stereocenters. The van der Waals surface area contributed by atoms with Crippen molar-refractivity contribution in [2.24, 2.45) is 5.10 Å². The van der Waals surface area contributed by atoms with Crippen molar-refractivity contribution in [3.63, 3.8) is 0 Å². The molecule has 0 aliphatic rings. The zero-order valence-electron chi connectivity index (χ0n) is 14.4. The molecule has 0 unspecified atom stereocenters. The number of benzene rings is 2. The highest BCUT2D eigenvalue weighted by Crippen LogP contribution is 2.17. The summed E-state index contributed by atoms with van der Waals surface area (Å²) < 4.78 is 5.69. The molecule has 0 fully saturated rings. The van der Waals surface area contributed by atoms with E-state index in [2.05, 4.69) is 17.5 Å². The molecule has 2 rings (SSSR count). The first kappa shape index (κ1) is 18.4. The molecule has 2 aromatic carbocycles. The lowest BCUT2D eigenvalue weighted by molar-refractivity contribution is -0.384. The number of rotatable bonds is 10. The van der Waals surface area contributed by atoms with Crippen molar-refractivity contribution in [1.29, 1.82) is 0 Å². The highest BCUT2D eigenvalue weighted by atomic mass is 16.6. The van der Waals surface area contributed by atoms with E-state index in [4.69, 9.17) is 4.74 Å². The van der Waals surface area contributed by atoms with E-state index in [1.807, 2.05) is 24.3 Å². The van der Waals surface area contributed by atoms with Gasteiger partial charge in [0.2, 0.25) is 0 Å². The zero-order chi connectivity index (χ0) is 17.9. The monoisotopic (exact) mass is 341 g/mol. The van der Waals surface area contributed by atoms with Gasteiger partial charge in [-0.25, -0.2) is 0 Å². The fourth-order valence-corrected chi connectivity index (χ4v) is 2.24. The van der Waals surface area contributed by atoms with Gasteiger partial charge in [-0.2, -0.15) is 5.10 Å². The third kappa shape index (κ3) is 6.63. The number of nitro benzene ring substituents is 1. The number of non-ortho nitro benzene ring substituents is 1. The molecular formula is C19H23N3O3. The molecule has 0 radical (unpaired) electrons. The van der Waals surface area contributed by atoms with Gasteiger partial charge in [0.15, 0.2) is 0 Å². The van der Waals surface area contributed by atoms with Crippen molar-refractivity contribution in [2.45, 2.75) is 32.6 Å². The van der Waals surface area contributed by atoms with Gasteiger partial charge in [-0.15, -0.1) is 0 Å². The van der Waals surface area contributed by atoms with Crippen molar-refractivity contribution < 1.29 is 9.66 Å². The van der Waals surface area contributed by atoms with Crippen LogP contribution in [0.25, 0.3) is 0 Å². The second-order valence-corrected chi connectivity index (χ2v) is 5.66. The number of unbranched alkanes of at least 4 members (excludes halogenated alkanes) is 3. The molecule has 0 saturated heterocycles. The summed E-state index contributed by atoms with van der Waals surface area (Å²) in [6, 6.07) is 13.9. The Hall–Kier alpha value is -2.89. The van der Waals surface area contributed by atoms with Crippen LogP contribution in [0.2, 0.25) is 0 Å². The Labute approximate surface area is 147 Å². The lowest BCUT2D eigenvalue weighted by Crippen LogP contribution is -1.97. The lowest BCUT2D eigenvalue weighted by atomic mass is 10.2. The fourth-order valence-electron chi connectivity index (χ4n) is 2.24. The molecular weight excluding hydrogens is 318 g/mol. The van der Waals surface area contributed by atoms with Gasteiger partial charge in [0.1, 0.15) is 5.75 Å². The molecule has 0 bridgehead atoms. The molecule has 0 heterocycles. The Bertz CT molecular complexity index is 699. The predicted molar refractivity (Wildman–Crippen MR) is 100 cm³/mol. The molecule has 25 heavy (non-hydrogen) atoms. The van der Waals surface area contributed by atoms with Crippen LogP contribution < -0.4 is 10.2 Å². The topological polar surface area (TPSA) is 76.8 Å². The standard InChI is InChI=1S/C19H23N3O3/c1-2-3-4-5-13-25-19-11-9-16(10-12-19)15-20-21-17-7-6-8-18(14-17)22(23)24/h6-12,14-15,21H,2-5,13H2,1H3. The predicted octanol–water partition coefficient (Wildman–Crippen LogP) is 5.00. The summed E-state index contributed by atoms with van der Waals surface area (Å²) in [6.07, 6.45) is 6.40. The minimum atomic E-state index is -0.435. The summed E-state index contributed by atoms with van der Waals surface area (Å²) in [4.78, 5) is 10.3. The highest BCUT2D eigenvalue weighted by molar-refractivity contribution is 5.80. The van der Waals surface area contributed by atoms with Crippen LogP contribution >= 0.6 is 0 Å². The van der Waals surface area contributed by atoms with Crippen LogP contribution in [0.3, 0.4) is 0 Å². The van der Waals surface area contributed by atoms with E-state index in [1.54, 1.807) is 18.3 Å². The maximum absolute atomic E-state index is 10.7. The van der Waals surface area contributed by atoms with E-state index >= 15 is 0 Å². The van der Waals surface area contributed by atoms with E-state index in [0.29, 0.717) is 5.69 Å². The molecule has 0 aliphatic carbocycles. The van der Waals surface area contributed by atoms with Gasteiger partial charge >= 0.3 is 0 Å². The molecule has 0 saturated carbocycles. The van der Waals surface area contributed by atoms with E-state index in [-0.39, 0.29) is 5.69 Å². The van der Waals surface area contributed by atoms with Gasteiger partial charge in [0, 0.05) is 12.1 Å². The molecule has 0 aromatic heterocycles. The van der Waals surface area contributed by atoms with Crippen molar-refractivity contribution >= 4 is 17.6 Å². The SMILES string of the molecule is CCCCCCOc1ccc(C=NNc2cccc([N+](=O)[O-])c2)cc1. The Kier molecular flexibility index (Phi) is 7.43. The third-order valence-corrected chi connectivity index (χ3v) is 3.61. The number of nitro groups is 1. The number of nitrogens with one attached hydrogen (secondary N) is 1. The molecule has 0 amide bonds. The highest BCUT2D eigenvalue weighted by Gasteiger charge is 2.04. The first-order chi connectivity index (χ1) is 12.2. The Morgan fingerprint density at radius 2 is 1.96 bits per heavy atom. The summed E-state index contributed by atoms with van der Waals surface area (Å²) in [7, 11) is 0. The van der Waals surface area contributed by atoms with Crippen molar-refractivity contribution in [3.8, 4) is 5.75 Å². The van der Waals surface area contributed by atoms with Gasteiger partial charge in [0.25, 0.3) is 5.69 Å². The minimum absolute atomic E-state index is 0.0284. The summed E-state index contributed by atoms with van der Waals surface area (Å²) in [5.74, 6) is 0.847. The average molecular weight is 341 g/mol. The smallest absolute Gasteiger partial charge is 0.271 e. The number of ether oxygens (including phenoxy) is 1. The summed E-state index contributed by atoms with van der Waals surface area (Å²) in [5.41, 5.74) is 4.30. The molecule has 132 valence electrons. The summed E-state index contributed by atoms with van der Waals surface area (Å²) >= 11 is 0. The number of nitrogens with zero attached hydrogens (tertiary/aromatic N) is 2. The van der Waals surface area contributed by atoms with E-state index in [0.717, 1.165) is 24.3 Å². The normalized spacial score (nSPS) is 10.8. The van der Waals surface area contributed by atoms with Crippen LogP contribution in [0, 0.1) is 10.1 Å². The van der Waals surface area contributed by atoms with Crippen LogP contribution in [-0.4, -0.2) is 17.7 Å². The van der Waals surface area contributed by atoms with Crippen LogP contribution in [0.4, 0.5) is 11.4 Å². The molecule has 1 N–H and O–H groups in total. The van der Waals surface area contributed by atoms with Crippen molar-refractivity contribution in [3.05, 3.63) is 64.2 Å². The van der Waals surface area contributed by atoms with E-state index in [9.17, 15) is 10.1 Å². The number of anilines is 1. The number of hydrogen-bond acceptors (Lipinski definition) is 5. The van der Waals surface area contributed by atoms with Crippen LogP contribution in [-0.2, 0) is 0 Å². The van der Waals surface area contributed by atoms with Gasteiger partial charge < -0.3 is 4.74 Å². The quantitative estimate of drug-likeness (QED) is 0.285. The second-order valence-electron chi connectivity index (χ2n) is 5.66. The first-order valence-electron chi connectivity index (χ1n) is 8.45. The summed E-state index contributed by atoms with van der Waals surface area (Å²) in [6.45, 7) is 2.93. The largest absolute Gasteiger partial charge is 0.494 e. The Morgan fingerprint density at radius 1 is 1.16 bits per heavy atom. The maximum atomic E-state index is 10.7. The first-order valence-corrected chi connectivity index (χ1v) is 8.45. The average Bonchev–Trinajstić information content (AvgIpc) is 2.63. The fraction of sp³-hybridized carbons (Fsp3) is 0.316. The van der Waals surface area contributed by atoms with Gasteiger partial charge in [-0.1, -0.05) is 32.3 Å². The molecule has 6 heteroatoms. The lowest BCUT2D eigenvalue weighted by Gasteiger charge is -2.06. The minimum Gasteiger partial charge on any atom is -0.494 e. The third-order valence-electron chi connectivity index (χ3n) is 3.61. The Balaban J connectivity index is 1.81.